The Kier molecular flexibility index (Phi) is 2.60. The van der Waals surface area contributed by atoms with E-state index >= 15 is 0 Å². The standard InChI is InChI=1S/C13H11N5O/c14-12(17-19)9-4-3-7-15-13(9)18-8-16-10-5-1-2-6-11(10)18/h1-8,19H,(H2,14,17). The van der Waals surface area contributed by atoms with Gasteiger partial charge in [-0.3, -0.25) is 4.57 Å². The van der Waals surface area contributed by atoms with Crippen molar-refractivity contribution in [1.29, 1.82) is 0 Å². The van der Waals surface area contributed by atoms with Crippen LogP contribution in [0.3, 0.4) is 0 Å². The van der Waals surface area contributed by atoms with Gasteiger partial charge < -0.3 is 10.9 Å². The number of imidazole rings is 1. The van der Waals surface area contributed by atoms with Gasteiger partial charge in [-0.25, -0.2) is 9.97 Å². The molecule has 19 heavy (non-hydrogen) atoms. The maximum atomic E-state index is 8.83. The van der Waals surface area contributed by atoms with E-state index in [2.05, 4.69) is 15.1 Å². The molecule has 0 aliphatic rings. The maximum absolute atomic E-state index is 8.83. The van der Waals surface area contributed by atoms with Gasteiger partial charge in [-0.15, -0.1) is 0 Å². The Labute approximate surface area is 108 Å². The average Bonchev–Trinajstić information content (AvgIpc) is 2.90. The van der Waals surface area contributed by atoms with Gasteiger partial charge in [-0.2, -0.15) is 0 Å². The molecule has 0 saturated heterocycles. The zero-order valence-electron chi connectivity index (χ0n) is 9.93. The van der Waals surface area contributed by atoms with Crippen molar-refractivity contribution in [2.45, 2.75) is 0 Å². The number of oxime groups is 1. The van der Waals surface area contributed by atoms with Crippen LogP contribution < -0.4 is 5.73 Å². The molecule has 3 rings (SSSR count). The van der Waals surface area contributed by atoms with Gasteiger partial charge in [0.15, 0.2) is 5.84 Å². The van der Waals surface area contributed by atoms with E-state index in [1.807, 2.05) is 28.8 Å². The summed E-state index contributed by atoms with van der Waals surface area (Å²) >= 11 is 0. The first-order chi connectivity index (χ1) is 9.31. The van der Waals surface area contributed by atoms with E-state index in [9.17, 15) is 0 Å². The smallest absolute Gasteiger partial charge is 0.173 e. The lowest BCUT2D eigenvalue weighted by atomic mass is 10.2. The Bertz CT molecular complexity index is 762. The Hall–Kier alpha value is -2.89. The minimum atomic E-state index is 0.0147. The predicted octanol–water partition coefficient (Wildman–Crippen LogP) is 1.51. The van der Waals surface area contributed by atoms with Gasteiger partial charge in [0, 0.05) is 6.20 Å². The van der Waals surface area contributed by atoms with Crippen molar-refractivity contribution in [2.75, 3.05) is 0 Å². The molecule has 0 saturated carbocycles. The van der Waals surface area contributed by atoms with E-state index in [0.29, 0.717) is 11.4 Å². The fourth-order valence-electron chi connectivity index (χ4n) is 1.97. The molecule has 2 aromatic heterocycles. The normalized spacial score (nSPS) is 11.9. The number of pyridine rings is 1. The van der Waals surface area contributed by atoms with Gasteiger partial charge in [0.1, 0.15) is 12.1 Å². The molecule has 0 aliphatic carbocycles. The predicted molar refractivity (Wildman–Crippen MR) is 71.4 cm³/mol. The van der Waals surface area contributed by atoms with E-state index in [0.717, 1.165) is 11.0 Å². The highest BCUT2D eigenvalue weighted by molar-refractivity contribution is 6.00. The third-order valence-electron chi connectivity index (χ3n) is 2.85. The second kappa shape index (κ2) is 4.41. The lowest BCUT2D eigenvalue weighted by molar-refractivity contribution is 0.318. The lowest BCUT2D eigenvalue weighted by Crippen LogP contribution is -2.17. The second-order valence-electron chi connectivity index (χ2n) is 3.96. The molecule has 0 radical (unpaired) electrons. The van der Waals surface area contributed by atoms with E-state index in [4.69, 9.17) is 10.9 Å². The van der Waals surface area contributed by atoms with Crippen molar-refractivity contribution in [3.8, 4) is 5.82 Å². The highest BCUT2D eigenvalue weighted by Crippen LogP contribution is 2.18. The molecule has 0 atom stereocenters. The maximum Gasteiger partial charge on any atom is 0.173 e. The molecule has 2 heterocycles. The van der Waals surface area contributed by atoms with Crippen LogP contribution in [0.2, 0.25) is 0 Å². The minimum absolute atomic E-state index is 0.0147. The van der Waals surface area contributed by atoms with Gasteiger partial charge in [0.05, 0.1) is 16.6 Å². The van der Waals surface area contributed by atoms with Gasteiger partial charge in [0.2, 0.25) is 0 Å². The number of nitrogens with two attached hydrogens (primary N) is 1. The Morgan fingerprint density at radius 2 is 2.00 bits per heavy atom. The fraction of sp³-hybridized carbons (Fsp3) is 0. The summed E-state index contributed by atoms with van der Waals surface area (Å²) < 4.78 is 1.81. The van der Waals surface area contributed by atoms with E-state index < -0.39 is 0 Å². The molecule has 3 aromatic rings. The van der Waals surface area contributed by atoms with Gasteiger partial charge in [-0.05, 0) is 24.3 Å². The largest absolute Gasteiger partial charge is 0.409 e. The Morgan fingerprint density at radius 3 is 2.84 bits per heavy atom. The molecule has 0 fully saturated rings. The van der Waals surface area contributed by atoms with Gasteiger partial charge >= 0.3 is 0 Å². The highest BCUT2D eigenvalue weighted by atomic mass is 16.4. The van der Waals surface area contributed by atoms with Crippen LogP contribution in [0.25, 0.3) is 16.9 Å². The molecule has 0 bridgehead atoms. The average molecular weight is 253 g/mol. The molecule has 0 unspecified atom stereocenters. The molecule has 0 amide bonds. The molecule has 94 valence electrons. The first kappa shape index (κ1) is 11.2. The van der Waals surface area contributed by atoms with E-state index in [1.165, 1.54) is 0 Å². The first-order valence-corrected chi connectivity index (χ1v) is 5.66. The van der Waals surface area contributed by atoms with Crippen LogP contribution in [0.15, 0.2) is 54.1 Å². The summed E-state index contributed by atoms with van der Waals surface area (Å²) in [7, 11) is 0. The summed E-state index contributed by atoms with van der Waals surface area (Å²) in [5.41, 5.74) is 7.99. The van der Waals surface area contributed by atoms with E-state index in [-0.39, 0.29) is 5.84 Å². The minimum Gasteiger partial charge on any atom is -0.409 e. The molecule has 6 nitrogen and oxygen atoms in total. The monoisotopic (exact) mass is 253 g/mol. The van der Waals surface area contributed by atoms with E-state index in [1.54, 1.807) is 24.7 Å². The molecular formula is C13H11N5O. The number of hydrogen-bond acceptors (Lipinski definition) is 4. The molecule has 0 aliphatic heterocycles. The number of hydrogen-bond donors (Lipinski definition) is 2. The topological polar surface area (TPSA) is 89.3 Å². The molecule has 6 heteroatoms. The lowest BCUT2D eigenvalue weighted by Gasteiger charge is -2.08. The SMILES string of the molecule is N/C(=N\O)c1cccnc1-n1cnc2ccccc21. The molecule has 3 N–H and O–H groups in total. The quantitative estimate of drug-likeness (QED) is 0.313. The third-order valence-corrected chi connectivity index (χ3v) is 2.85. The number of fused-ring (bicyclic) bond motifs is 1. The number of rotatable bonds is 2. The summed E-state index contributed by atoms with van der Waals surface area (Å²) in [4.78, 5) is 8.59. The van der Waals surface area contributed by atoms with Crippen LogP contribution >= 0.6 is 0 Å². The first-order valence-electron chi connectivity index (χ1n) is 5.66. The molecular weight excluding hydrogens is 242 g/mol. The third kappa shape index (κ3) is 1.79. The van der Waals surface area contributed by atoms with Crippen LogP contribution in [-0.2, 0) is 0 Å². The molecule has 0 spiro atoms. The van der Waals surface area contributed by atoms with Crippen molar-refractivity contribution in [1.82, 2.24) is 14.5 Å². The number of amidine groups is 1. The fourth-order valence-corrected chi connectivity index (χ4v) is 1.97. The number of benzene rings is 1. The summed E-state index contributed by atoms with van der Waals surface area (Å²) in [5.74, 6) is 0.590. The van der Waals surface area contributed by atoms with Crippen molar-refractivity contribution in [2.24, 2.45) is 10.9 Å². The zero-order valence-corrected chi connectivity index (χ0v) is 9.93. The molecule has 1 aromatic carbocycles. The summed E-state index contributed by atoms with van der Waals surface area (Å²) in [5, 5.41) is 11.9. The second-order valence-corrected chi connectivity index (χ2v) is 3.96. The van der Waals surface area contributed by atoms with Crippen LogP contribution in [0, 0.1) is 0 Å². The van der Waals surface area contributed by atoms with Crippen LogP contribution in [0.5, 0.6) is 0 Å². The Balaban J connectivity index is 2.28. The number of aromatic nitrogens is 3. The number of para-hydroxylation sites is 2. The van der Waals surface area contributed by atoms with Crippen LogP contribution in [0.1, 0.15) is 5.56 Å². The van der Waals surface area contributed by atoms with Crippen molar-refractivity contribution in [3.05, 3.63) is 54.5 Å². The van der Waals surface area contributed by atoms with Crippen LogP contribution in [-0.4, -0.2) is 25.6 Å². The summed E-state index contributed by atoms with van der Waals surface area (Å²) in [6, 6.07) is 11.2. The Morgan fingerprint density at radius 1 is 1.16 bits per heavy atom. The van der Waals surface area contributed by atoms with Crippen LogP contribution in [0.4, 0.5) is 0 Å². The van der Waals surface area contributed by atoms with Gasteiger partial charge in [0.25, 0.3) is 0 Å². The zero-order chi connectivity index (χ0) is 13.2. The summed E-state index contributed by atoms with van der Waals surface area (Å²) in [6.07, 6.45) is 3.32. The highest BCUT2D eigenvalue weighted by Gasteiger charge is 2.12. The number of nitrogens with zero attached hydrogens (tertiary/aromatic N) is 4. The summed E-state index contributed by atoms with van der Waals surface area (Å²) in [6.45, 7) is 0. The van der Waals surface area contributed by atoms with Crippen molar-refractivity contribution < 1.29 is 5.21 Å². The van der Waals surface area contributed by atoms with Crippen molar-refractivity contribution in [3.63, 3.8) is 0 Å². The van der Waals surface area contributed by atoms with Crippen molar-refractivity contribution >= 4 is 16.9 Å². The van der Waals surface area contributed by atoms with Gasteiger partial charge in [-0.1, -0.05) is 17.3 Å².